The van der Waals surface area contributed by atoms with Gasteiger partial charge in [0.25, 0.3) is 32.4 Å². The summed E-state index contributed by atoms with van der Waals surface area (Å²) in [6.45, 7) is 14.4. The van der Waals surface area contributed by atoms with Gasteiger partial charge in [-0.25, -0.2) is 4.79 Å². The predicted molar refractivity (Wildman–Crippen MR) is 254 cm³/mol. The topological polar surface area (TPSA) is 232 Å². The van der Waals surface area contributed by atoms with Crippen LogP contribution in [0.1, 0.15) is 41.5 Å². The molecule has 6 atom stereocenters. The summed E-state index contributed by atoms with van der Waals surface area (Å²) >= 11 is 0. The average Bonchev–Trinajstić information content (AvgIpc) is 3.80. The van der Waals surface area contributed by atoms with Crippen molar-refractivity contribution in [1.82, 2.24) is 0 Å². The SMILES string of the molecule is CC.CC.CC.COCC(CN(CC(COC=O)OC)c1ccc(Oc2ccc(N(CC(COC)OC=O)CC3COC(=O)O3)cc2)c(N(CC(COC=O)OC)CC(COC=O)OC)c1)OC=O. The molecular formula is C47H75N3O19. The Balaban J connectivity index is 0.00000740. The molecule has 1 aliphatic rings. The Bertz CT molecular complexity index is 1640. The standard InChI is InChI=1S/C41H57N3O19.3C2H6/c1-51-19-36(60-28-48)16-42(18-38-24-59-41(50)63-38)30-6-9-32(10-7-30)62-40-11-8-31(43(13-33(53-3)21-56-25-45)17-37(20-52-2)61-29-49)12-39(40)44(14-34(54-4)22-57-26-46)15-35(55-5)23-58-27-47;3*1-2/h6-12,25-29,33-38H,13-24H2,1-5H3;3*1-2H3. The van der Waals surface area contributed by atoms with Gasteiger partial charge in [-0.1, -0.05) is 41.5 Å². The smallest absolute Gasteiger partial charge is 0.465 e. The molecule has 0 saturated carbocycles. The molecule has 392 valence electrons. The van der Waals surface area contributed by atoms with Gasteiger partial charge in [0.05, 0.1) is 38.5 Å². The van der Waals surface area contributed by atoms with Crippen molar-refractivity contribution in [3.05, 3.63) is 42.5 Å². The van der Waals surface area contributed by atoms with Crippen molar-refractivity contribution in [3.8, 4) is 11.5 Å². The maximum Gasteiger partial charge on any atom is 0.508 e. The van der Waals surface area contributed by atoms with Crippen LogP contribution in [0.5, 0.6) is 11.5 Å². The maximum atomic E-state index is 11.7. The maximum absolute atomic E-state index is 11.7. The molecule has 0 N–H and O–H groups in total. The first-order valence-corrected chi connectivity index (χ1v) is 22.6. The van der Waals surface area contributed by atoms with Gasteiger partial charge >= 0.3 is 6.16 Å². The lowest BCUT2D eigenvalue weighted by Gasteiger charge is -2.35. The van der Waals surface area contributed by atoms with Crippen LogP contribution in [-0.4, -0.2) is 190 Å². The second-order valence-corrected chi connectivity index (χ2v) is 13.7. The minimum Gasteiger partial charge on any atom is -0.465 e. The van der Waals surface area contributed by atoms with Crippen molar-refractivity contribution in [2.75, 3.05) is 129 Å². The first-order chi connectivity index (χ1) is 33.7. The quantitative estimate of drug-likeness (QED) is 0.0517. The molecule has 6 unspecified atom stereocenters. The van der Waals surface area contributed by atoms with E-state index in [0.29, 0.717) is 60.9 Å². The van der Waals surface area contributed by atoms with E-state index in [1.165, 1.54) is 35.5 Å². The zero-order valence-corrected chi connectivity index (χ0v) is 42.0. The van der Waals surface area contributed by atoms with Crippen LogP contribution >= 0.6 is 0 Å². The number of anilines is 3. The highest BCUT2D eigenvalue weighted by Crippen LogP contribution is 2.38. The number of ether oxygens (including phenoxy) is 13. The number of hydrogen-bond acceptors (Lipinski definition) is 22. The Morgan fingerprint density at radius 2 is 0.986 bits per heavy atom. The van der Waals surface area contributed by atoms with Gasteiger partial charge in [-0.05, 0) is 42.5 Å². The van der Waals surface area contributed by atoms with E-state index in [9.17, 15) is 28.8 Å². The molecule has 2 aromatic rings. The molecule has 1 fully saturated rings. The fourth-order valence-corrected chi connectivity index (χ4v) is 6.48. The fourth-order valence-electron chi connectivity index (χ4n) is 6.48. The van der Waals surface area contributed by atoms with Crippen LogP contribution in [-0.2, 0) is 80.8 Å². The number of carbonyl (C=O) groups excluding carboxylic acids is 6. The third-order valence-corrected chi connectivity index (χ3v) is 9.52. The number of benzene rings is 2. The molecule has 22 heteroatoms. The van der Waals surface area contributed by atoms with Crippen molar-refractivity contribution in [2.24, 2.45) is 0 Å². The number of rotatable bonds is 37. The Morgan fingerprint density at radius 3 is 1.39 bits per heavy atom. The molecule has 69 heavy (non-hydrogen) atoms. The number of hydrogen-bond donors (Lipinski definition) is 0. The molecule has 1 heterocycles. The zero-order valence-electron chi connectivity index (χ0n) is 42.0. The molecule has 0 spiro atoms. The van der Waals surface area contributed by atoms with Crippen LogP contribution in [0.3, 0.4) is 0 Å². The summed E-state index contributed by atoms with van der Waals surface area (Å²) in [4.78, 5) is 73.6. The lowest BCUT2D eigenvalue weighted by atomic mass is 10.1. The van der Waals surface area contributed by atoms with Gasteiger partial charge in [-0.3, -0.25) is 24.0 Å². The van der Waals surface area contributed by atoms with Crippen LogP contribution in [0, 0.1) is 0 Å². The Kier molecular flexibility index (Phi) is 36.6. The van der Waals surface area contributed by atoms with Crippen LogP contribution in [0.15, 0.2) is 42.5 Å². The third-order valence-electron chi connectivity index (χ3n) is 9.52. The van der Waals surface area contributed by atoms with E-state index in [1.54, 1.807) is 42.5 Å². The van der Waals surface area contributed by atoms with Gasteiger partial charge in [-0.15, -0.1) is 0 Å². The zero-order chi connectivity index (χ0) is 51.8. The Labute approximate surface area is 406 Å². The van der Waals surface area contributed by atoms with E-state index in [1.807, 2.05) is 56.2 Å². The van der Waals surface area contributed by atoms with Crippen LogP contribution in [0.2, 0.25) is 0 Å². The van der Waals surface area contributed by atoms with E-state index < -0.39 is 42.8 Å². The third kappa shape index (κ3) is 24.3. The van der Waals surface area contributed by atoms with Crippen molar-refractivity contribution < 1.29 is 90.3 Å². The molecule has 0 bridgehead atoms. The van der Waals surface area contributed by atoms with E-state index in [4.69, 9.17) is 61.6 Å². The fraction of sp³-hybridized carbons (Fsp3) is 0.617. The summed E-state index contributed by atoms with van der Waals surface area (Å²) in [7, 11) is 7.34. The molecular weight excluding hydrogens is 911 g/mol. The van der Waals surface area contributed by atoms with E-state index in [2.05, 4.69) is 0 Å². The van der Waals surface area contributed by atoms with Crippen molar-refractivity contribution in [1.29, 1.82) is 0 Å². The number of carbonyl (C=O) groups is 6. The second kappa shape index (κ2) is 40.0. The van der Waals surface area contributed by atoms with Crippen molar-refractivity contribution in [2.45, 2.75) is 78.2 Å². The summed E-state index contributed by atoms with van der Waals surface area (Å²) in [6, 6.07) is 12.3. The van der Waals surface area contributed by atoms with Gasteiger partial charge in [0, 0.05) is 66.6 Å². The highest BCUT2D eigenvalue weighted by atomic mass is 16.8. The largest absolute Gasteiger partial charge is 0.508 e. The molecule has 0 aromatic heterocycles. The minimum absolute atomic E-state index is 0.0406. The number of methoxy groups -OCH3 is 5. The highest BCUT2D eigenvalue weighted by Gasteiger charge is 2.30. The van der Waals surface area contributed by atoms with Crippen molar-refractivity contribution in [3.63, 3.8) is 0 Å². The molecule has 1 saturated heterocycles. The van der Waals surface area contributed by atoms with Gasteiger partial charge in [0.15, 0.2) is 11.9 Å². The van der Waals surface area contributed by atoms with Crippen LogP contribution in [0.25, 0.3) is 0 Å². The van der Waals surface area contributed by atoms with Gasteiger partial charge in [0.2, 0.25) is 0 Å². The Morgan fingerprint density at radius 1 is 0.551 bits per heavy atom. The normalized spacial score (nSPS) is 14.4. The van der Waals surface area contributed by atoms with Gasteiger partial charge in [0.1, 0.15) is 62.7 Å². The summed E-state index contributed by atoms with van der Waals surface area (Å²) in [5, 5.41) is 0. The van der Waals surface area contributed by atoms with Crippen molar-refractivity contribution >= 4 is 55.6 Å². The molecule has 0 amide bonds. The van der Waals surface area contributed by atoms with Crippen LogP contribution < -0.4 is 19.4 Å². The van der Waals surface area contributed by atoms with Crippen LogP contribution in [0.4, 0.5) is 21.9 Å². The highest BCUT2D eigenvalue weighted by molar-refractivity contribution is 5.68. The monoisotopic (exact) mass is 985 g/mol. The molecule has 3 rings (SSSR count). The summed E-state index contributed by atoms with van der Waals surface area (Å²) < 4.78 is 70.2. The molecule has 1 aliphatic heterocycles. The number of cyclic esters (lactones) is 2. The van der Waals surface area contributed by atoms with Gasteiger partial charge in [-0.2, -0.15) is 0 Å². The summed E-state index contributed by atoms with van der Waals surface area (Å²) in [5.74, 6) is 0.725. The summed E-state index contributed by atoms with van der Waals surface area (Å²) in [6.07, 6.45) is -4.72. The molecule has 0 aliphatic carbocycles. The lowest BCUT2D eigenvalue weighted by molar-refractivity contribution is -0.136. The van der Waals surface area contributed by atoms with Gasteiger partial charge < -0.3 is 76.3 Å². The molecule has 0 radical (unpaired) electrons. The second-order valence-electron chi connectivity index (χ2n) is 13.7. The van der Waals surface area contributed by atoms with E-state index in [0.717, 1.165) is 0 Å². The lowest BCUT2D eigenvalue weighted by Crippen LogP contribution is -2.43. The number of nitrogens with zero attached hydrogens (tertiary/aromatic N) is 3. The minimum atomic E-state index is -0.782. The first-order valence-electron chi connectivity index (χ1n) is 22.6. The molecule has 2 aromatic carbocycles. The van der Waals surface area contributed by atoms with E-state index in [-0.39, 0.29) is 78.9 Å². The average molecular weight is 986 g/mol. The predicted octanol–water partition coefficient (Wildman–Crippen LogP) is 4.45. The molecule has 22 nitrogen and oxygen atoms in total. The Hall–Kier alpha value is -5.94. The van der Waals surface area contributed by atoms with E-state index >= 15 is 0 Å². The first kappa shape index (κ1) is 63.1. The summed E-state index contributed by atoms with van der Waals surface area (Å²) in [5.41, 5.74) is 1.71.